The second-order valence-corrected chi connectivity index (χ2v) is 7.07. The van der Waals surface area contributed by atoms with Crippen molar-refractivity contribution < 1.29 is 26.4 Å². The number of sulfone groups is 1. The third kappa shape index (κ3) is 3.25. The molecule has 1 fully saturated rings. The zero-order valence-electron chi connectivity index (χ0n) is 11.5. The second-order valence-electron chi connectivity index (χ2n) is 5.13. The maximum Gasteiger partial charge on any atom is 0.501 e. The number of likely N-dealkylation sites (tertiary alicyclic amines) is 1. The Labute approximate surface area is 125 Å². The molecule has 1 unspecified atom stereocenters. The summed E-state index contributed by atoms with van der Waals surface area (Å²) in [5.74, 6) is -0.369. The van der Waals surface area contributed by atoms with Crippen LogP contribution in [0.2, 0.25) is 0 Å². The number of nitrogens with two attached hydrogens (primary N) is 1. The number of amides is 1. The van der Waals surface area contributed by atoms with E-state index in [-0.39, 0.29) is 17.5 Å². The van der Waals surface area contributed by atoms with Gasteiger partial charge in [0.15, 0.2) is 0 Å². The van der Waals surface area contributed by atoms with Gasteiger partial charge in [-0.2, -0.15) is 13.2 Å². The smallest absolute Gasteiger partial charge is 0.337 e. The van der Waals surface area contributed by atoms with Crippen LogP contribution < -0.4 is 5.73 Å². The van der Waals surface area contributed by atoms with Gasteiger partial charge in [-0.25, -0.2) is 8.42 Å². The fraction of sp³-hybridized carbons (Fsp3) is 0.462. The van der Waals surface area contributed by atoms with Crippen LogP contribution in [0.5, 0.6) is 0 Å². The molecular weight excluding hydrogens is 321 g/mol. The number of carbonyl (C=O) groups is 1. The number of benzene rings is 1. The third-order valence-corrected chi connectivity index (χ3v) is 4.96. The first-order valence-corrected chi connectivity index (χ1v) is 8.07. The number of rotatable bonds is 2. The molecule has 0 saturated carbocycles. The van der Waals surface area contributed by atoms with E-state index in [1.807, 2.05) is 0 Å². The lowest BCUT2D eigenvalue weighted by Gasteiger charge is -2.30. The number of nitrogens with zero attached hydrogens (tertiary/aromatic N) is 1. The summed E-state index contributed by atoms with van der Waals surface area (Å²) in [6, 6.07) is 3.63. The number of hydrogen-bond donors (Lipinski definition) is 1. The van der Waals surface area contributed by atoms with E-state index in [9.17, 15) is 26.4 Å². The SMILES string of the molecule is NC1CCCN(C(=O)c2ccc(S(=O)(=O)C(F)(F)F)cc2)C1. The molecule has 1 atom stereocenters. The Morgan fingerprint density at radius 1 is 1.23 bits per heavy atom. The maximum absolute atomic E-state index is 12.4. The topological polar surface area (TPSA) is 80.5 Å². The molecule has 5 nitrogen and oxygen atoms in total. The molecule has 1 aliphatic rings. The van der Waals surface area contributed by atoms with E-state index in [1.54, 1.807) is 0 Å². The predicted molar refractivity (Wildman–Crippen MR) is 72.8 cm³/mol. The first kappa shape index (κ1) is 16.8. The molecule has 1 amide bonds. The Morgan fingerprint density at radius 3 is 2.32 bits per heavy atom. The highest BCUT2D eigenvalue weighted by Gasteiger charge is 2.46. The molecule has 1 aliphatic heterocycles. The molecule has 1 aromatic carbocycles. The van der Waals surface area contributed by atoms with Crippen molar-refractivity contribution in [3.05, 3.63) is 29.8 Å². The first-order chi connectivity index (χ1) is 10.1. The van der Waals surface area contributed by atoms with E-state index < -0.39 is 20.2 Å². The largest absolute Gasteiger partial charge is 0.501 e. The highest BCUT2D eigenvalue weighted by Crippen LogP contribution is 2.30. The van der Waals surface area contributed by atoms with Gasteiger partial charge in [0.05, 0.1) is 4.90 Å². The first-order valence-electron chi connectivity index (χ1n) is 6.59. The highest BCUT2D eigenvalue weighted by atomic mass is 32.2. The van der Waals surface area contributed by atoms with E-state index in [0.717, 1.165) is 37.1 Å². The summed E-state index contributed by atoms with van der Waals surface area (Å²) in [6.07, 6.45) is 1.57. The van der Waals surface area contributed by atoms with Gasteiger partial charge in [0.2, 0.25) is 0 Å². The molecule has 0 aromatic heterocycles. The number of carbonyl (C=O) groups excluding carboxylic acids is 1. The van der Waals surface area contributed by atoms with Crippen LogP contribution in [-0.2, 0) is 9.84 Å². The summed E-state index contributed by atoms with van der Waals surface area (Å²) in [4.78, 5) is 12.8. The molecule has 0 aliphatic carbocycles. The van der Waals surface area contributed by atoms with Gasteiger partial charge in [0.25, 0.3) is 15.7 Å². The predicted octanol–water partition coefficient (Wildman–Crippen LogP) is 1.54. The summed E-state index contributed by atoms with van der Waals surface area (Å²) in [7, 11) is -5.40. The molecule has 1 aromatic rings. The Kier molecular flexibility index (Phi) is 4.48. The van der Waals surface area contributed by atoms with Crippen molar-refractivity contribution in [1.29, 1.82) is 0 Å². The molecule has 0 radical (unpaired) electrons. The molecule has 1 heterocycles. The van der Waals surface area contributed by atoms with Crippen LogP contribution >= 0.6 is 0 Å². The average molecular weight is 336 g/mol. The lowest BCUT2D eigenvalue weighted by molar-refractivity contribution is -0.0436. The summed E-state index contributed by atoms with van der Waals surface area (Å²) < 4.78 is 59.8. The zero-order valence-corrected chi connectivity index (χ0v) is 12.3. The molecule has 2 N–H and O–H groups in total. The number of halogens is 3. The van der Waals surface area contributed by atoms with Crippen LogP contribution in [0.15, 0.2) is 29.2 Å². The molecular formula is C13H15F3N2O3S. The summed E-state index contributed by atoms with van der Waals surface area (Å²) in [6.45, 7) is 0.899. The van der Waals surface area contributed by atoms with Crippen molar-refractivity contribution in [3.63, 3.8) is 0 Å². The van der Waals surface area contributed by atoms with E-state index in [4.69, 9.17) is 5.73 Å². The lowest BCUT2D eigenvalue weighted by atomic mass is 10.1. The van der Waals surface area contributed by atoms with Gasteiger partial charge in [-0.3, -0.25) is 4.79 Å². The molecule has 0 bridgehead atoms. The third-order valence-electron chi connectivity index (χ3n) is 3.46. The van der Waals surface area contributed by atoms with Crippen molar-refractivity contribution in [2.24, 2.45) is 5.73 Å². The van der Waals surface area contributed by atoms with Crippen LogP contribution in [0.4, 0.5) is 13.2 Å². The number of piperidine rings is 1. The second kappa shape index (κ2) is 5.88. The van der Waals surface area contributed by atoms with Crippen LogP contribution in [-0.4, -0.2) is 43.9 Å². The number of hydrogen-bond acceptors (Lipinski definition) is 4. The van der Waals surface area contributed by atoms with E-state index in [2.05, 4.69) is 0 Å². The molecule has 22 heavy (non-hydrogen) atoms. The standard InChI is InChI=1S/C13H15F3N2O3S/c14-13(15,16)22(20,21)11-5-3-9(4-6-11)12(19)18-7-1-2-10(17)8-18/h3-6,10H,1-2,7-8,17H2. The number of alkyl halides is 3. The fourth-order valence-corrected chi connectivity index (χ4v) is 3.05. The van der Waals surface area contributed by atoms with Crippen LogP contribution in [0.1, 0.15) is 23.2 Å². The van der Waals surface area contributed by atoms with E-state index in [0.29, 0.717) is 13.1 Å². The van der Waals surface area contributed by atoms with Crippen molar-refractivity contribution in [2.45, 2.75) is 29.3 Å². The highest BCUT2D eigenvalue weighted by molar-refractivity contribution is 7.92. The molecule has 0 spiro atoms. The maximum atomic E-state index is 12.4. The van der Waals surface area contributed by atoms with E-state index >= 15 is 0 Å². The van der Waals surface area contributed by atoms with E-state index in [1.165, 1.54) is 4.90 Å². The Bertz CT molecular complexity index is 656. The van der Waals surface area contributed by atoms with Crippen LogP contribution in [0.25, 0.3) is 0 Å². The van der Waals surface area contributed by atoms with Gasteiger partial charge in [-0.05, 0) is 37.1 Å². The molecule has 1 saturated heterocycles. The van der Waals surface area contributed by atoms with Gasteiger partial charge in [-0.15, -0.1) is 0 Å². The minimum atomic E-state index is -5.40. The monoisotopic (exact) mass is 336 g/mol. The van der Waals surface area contributed by atoms with Gasteiger partial charge >= 0.3 is 5.51 Å². The minimum Gasteiger partial charge on any atom is -0.337 e. The van der Waals surface area contributed by atoms with Crippen molar-refractivity contribution in [1.82, 2.24) is 4.90 Å². The normalized spacial score (nSPS) is 20.0. The quantitative estimate of drug-likeness (QED) is 0.888. The zero-order chi connectivity index (χ0) is 16.5. The molecule has 2 rings (SSSR count). The summed E-state index contributed by atoms with van der Waals surface area (Å²) in [5, 5.41) is 0. The van der Waals surface area contributed by atoms with Crippen molar-refractivity contribution in [2.75, 3.05) is 13.1 Å². The van der Waals surface area contributed by atoms with Crippen LogP contribution in [0.3, 0.4) is 0 Å². The Balaban J connectivity index is 2.21. The Morgan fingerprint density at radius 2 is 1.82 bits per heavy atom. The molecule has 9 heteroatoms. The van der Waals surface area contributed by atoms with Gasteiger partial charge in [-0.1, -0.05) is 0 Å². The van der Waals surface area contributed by atoms with Gasteiger partial charge < -0.3 is 10.6 Å². The summed E-state index contributed by atoms with van der Waals surface area (Å²) >= 11 is 0. The minimum absolute atomic E-state index is 0.123. The average Bonchev–Trinajstić information content (AvgIpc) is 2.45. The van der Waals surface area contributed by atoms with Gasteiger partial charge in [0, 0.05) is 24.7 Å². The van der Waals surface area contributed by atoms with Crippen molar-refractivity contribution in [3.8, 4) is 0 Å². The summed E-state index contributed by atoms with van der Waals surface area (Å²) in [5.41, 5.74) is 0.543. The van der Waals surface area contributed by atoms with Gasteiger partial charge in [0.1, 0.15) is 0 Å². The van der Waals surface area contributed by atoms with Crippen LogP contribution in [0, 0.1) is 0 Å². The fourth-order valence-electron chi connectivity index (χ4n) is 2.29. The Hall–Kier alpha value is -1.61. The molecule has 122 valence electrons. The lowest BCUT2D eigenvalue weighted by Crippen LogP contribution is -2.45. The van der Waals surface area contributed by atoms with Crippen molar-refractivity contribution >= 4 is 15.7 Å².